The first kappa shape index (κ1) is 19.2. The zero-order valence-electron chi connectivity index (χ0n) is 15.0. The van der Waals surface area contributed by atoms with E-state index < -0.39 is 0 Å². The van der Waals surface area contributed by atoms with Crippen molar-refractivity contribution in [1.29, 1.82) is 0 Å². The fraction of sp³-hybridized carbons (Fsp3) is 0.450. The van der Waals surface area contributed by atoms with Gasteiger partial charge >= 0.3 is 5.97 Å². The van der Waals surface area contributed by atoms with Crippen molar-refractivity contribution < 1.29 is 9.53 Å². The van der Waals surface area contributed by atoms with Gasteiger partial charge in [0.2, 0.25) is 0 Å². The van der Waals surface area contributed by atoms with Crippen molar-refractivity contribution >= 4 is 27.6 Å². The molecular weight excluding hydrogens is 364 g/mol. The molecule has 0 N–H and O–H groups in total. The molecule has 6 heteroatoms. The third-order valence-electron chi connectivity index (χ3n) is 4.29. The number of hydrogen-bond acceptors (Lipinski definition) is 6. The molecule has 0 saturated carbocycles. The van der Waals surface area contributed by atoms with Crippen molar-refractivity contribution in [3.05, 3.63) is 47.8 Å². The van der Waals surface area contributed by atoms with E-state index in [0.717, 1.165) is 40.6 Å². The van der Waals surface area contributed by atoms with E-state index in [1.165, 1.54) is 18.6 Å². The Balaban J connectivity index is 1.42. The summed E-state index contributed by atoms with van der Waals surface area (Å²) in [4.78, 5) is 20.7. The molecule has 0 bridgehead atoms. The number of pyridine rings is 2. The Morgan fingerprint density at radius 3 is 2.77 bits per heavy atom. The summed E-state index contributed by atoms with van der Waals surface area (Å²) in [6, 6.07) is 7.77. The molecule has 138 valence electrons. The number of esters is 1. The second-order valence-corrected chi connectivity index (χ2v) is 9.29. The second-order valence-electron chi connectivity index (χ2n) is 6.50. The number of aromatic nitrogens is 2. The van der Waals surface area contributed by atoms with Crippen LogP contribution < -0.4 is 0 Å². The molecule has 0 aliphatic carbocycles. The minimum Gasteiger partial charge on any atom is -0.461 e. The number of carbonyl (C=O) groups excluding carboxylic acids is 1. The average molecular weight is 389 g/mol. The molecular formula is C20H24N2O2S2. The van der Waals surface area contributed by atoms with Crippen LogP contribution in [-0.2, 0) is 16.1 Å². The summed E-state index contributed by atoms with van der Waals surface area (Å²) < 4.78 is 5.42. The van der Waals surface area contributed by atoms with Crippen LogP contribution in [0.4, 0.5) is 0 Å². The number of rotatable bonds is 8. The fourth-order valence-electron chi connectivity index (χ4n) is 2.82. The Morgan fingerprint density at radius 1 is 1.19 bits per heavy atom. The molecule has 1 atom stereocenters. The van der Waals surface area contributed by atoms with Gasteiger partial charge in [-0.15, -0.1) is 0 Å². The summed E-state index contributed by atoms with van der Waals surface area (Å²) in [6.45, 7) is 2.32. The van der Waals surface area contributed by atoms with Gasteiger partial charge in [0, 0.05) is 29.8 Å². The molecule has 1 saturated heterocycles. The molecule has 0 aromatic carbocycles. The van der Waals surface area contributed by atoms with E-state index in [0.29, 0.717) is 6.42 Å². The molecule has 2 aromatic rings. The number of nitrogens with zero attached hydrogens (tertiary/aromatic N) is 2. The van der Waals surface area contributed by atoms with Gasteiger partial charge in [-0.25, -0.2) is 0 Å². The van der Waals surface area contributed by atoms with Crippen molar-refractivity contribution in [2.24, 2.45) is 0 Å². The van der Waals surface area contributed by atoms with Crippen LogP contribution >= 0.6 is 21.6 Å². The van der Waals surface area contributed by atoms with Gasteiger partial charge < -0.3 is 4.74 Å². The van der Waals surface area contributed by atoms with Crippen LogP contribution in [0.2, 0.25) is 0 Å². The first-order chi connectivity index (χ1) is 12.7. The Hall–Kier alpha value is -1.53. The zero-order chi connectivity index (χ0) is 18.2. The Bertz CT molecular complexity index is 733. The normalized spacial score (nSPS) is 16.6. The second kappa shape index (κ2) is 9.97. The minimum atomic E-state index is -0.120. The monoisotopic (exact) mass is 388 g/mol. The van der Waals surface area contributed by atoms with Crippen LogP contribution in [0.3, 0.4) is 0 Å². The third-order valence-corrected chi connectivity index (χ3v) is 7.29. The number of hydrogen-bond donors (Lipinski definition) is 0. The standard InChI is InChI=1S/C20H24N2O2S2/c1-15-6-9-21-18(12-15)19-13-16(7-10-22-19)14-24-20(23)5-3-2-4-17-8-11-25-26-17/h6-7,9-10,12-13,17H,2-5,8,11,14H2,1H3. The lowest BCUT2D eigenvalue weighted by Gasteiger charge is -2.08. The molecule has 2 aromatic heterocycles. The predicted molar refractivity (Wildman–Crippen MR) is 109 cm³/mol. The van der Waals surface area contributed by atoms with Crippen molar-refractivity contribution in [1.82, 2.24) is 9.97 Å². The van der Waals surface area contributed by atoms with E-state index in [9.17, 15) is 4.79 Å². The van der Waals surface area contributed by atoms with Gasteiger partial charge in [0.05, 0.1) is 11.4 Å². The summed E-state index contributed by atoms with van der Waals surface area (Å²) in [5.41, 5.74) is 3.71. The lowest BCUT2D eigenvalue weighted by molar-refractivity contribution is -0.145. The van der Waals surface area contributed by atoms with Crippen LogP contribution in [0.1, 0.15) is 43.2 Å². The molecule has 1 aliphatic rings. The highest BCUT2D eigenvalue weighted by molar-refractivity contribution is 8.77. The van der Waals surface area contributed by atoms with Crippen molar-refractivity contribution in [2.75, 3.05) is 5.75 Å². The smallest absolute Gasteiger partial charge is 0.306 e. The first-order valence-electron chi connectivity index (χ1n) is 9.02. The van der Waals surface area contributed by atoms with Gasteiger partial charge in [0.25, 0.3) is 0 Å². The van der Waals surface area contributed by atoms with Crippen LogP contribution in [0.25, 0.3) is 11.4 Å². The first-order valence-corrected chi connectivity index (χ1v) is 11.4. The topological polar surface area (TPSA) is 52.1 Å². The van der Waals surface area contributed by atoms with Gasteiger partial charge in [-0.3, -0.25) is 14.8 Å². The Kier molecular flexibility index (Phi) is 7.38. The van der Waals surface area contributed by atoms with Crippen LogP contribution in [-0.4, -0.2) is 26.9 Å². The Labute approximate surface area is 162 Å². The molecule has 3 rings (SSSR count). The van der Waals surface area contributed by atoms with Gasteiger partial charge in [0.15, 0.2) is 0 Å². The SMILES string of the molecule is Cc1ccnc(-c2cc(COC(=O)CCCCC3CCSS3)ccn2)c1. The van der Waals surface area contributed by atoms with E-state index in [1.807, 2.05) is 52.8 Å². The Morgan fingerprint density at radius 2 is 2.00 bits per heavy atom. The zero-order valence-corrected chi connectivity index (χ0v) is 16.7. The maximum atomic E-state index is 12.0. The fourth-order valence-corrected chi connectivity index (χ4v) is 5.85. The van der Waals surface area contributed by atoms with Gasteiger partial charge in [-0.1, -0.05) is 28.0 Å². The largest absolute Gasteiger partial charge is 0.461 e. The lowest BCUT2D eigenvalue weighted by Crippen LogP contribution is -2.05. The molecule has 0 radical (unpaired) electrons. The predicted octanol–water partition coefficient (Wildman–Crippen LogP) is 5.21. The molecule has 0 spiro atoms. The maximum Gasteiger partial charge on any atom is 0.306 e. The van der Waals surface area contributed by atoms with Crippen LogP contribution in [0.5, 0.6) is 0 Å². The molecule has 3 heterocycles. The van der Waals surface area contributed by atoms with E-state index in [1.54, 1.807) is 12.4 Å². The summed E-state index contributed by atoms with van der Waals surface area (Å²) >= 11 is 0. The van der Waals surface area contributed by atoms with E-state index >= 15 is 0 Å². The molecule has 4 nitrogen and oxygen atoms in total. The highest BCUT2D eigenvalue weighted by Gasteiger charge is 2.16. The van der Waals surface area contributed by atoms with Crippen molar-refractivity contribution in [3.8, 4) is 11.4 Å². The van der Waals surface area contributed by atoms with Crippen LogP contribution in [0, 0.1) is 6.92 Å². The lowest BCUT2D eigenvalue weighted by atomic mass is 10.1. The minimum absolute atomic E-state index is 0.120. The number of carbonyl (C=O) groups is 1. The summed E-state index contributed by atoms with van der Waals surface area (Å²) in [6.07, 6.45) is 8.55. The quantitative estimate of drug-likeness (QED) is 0.351. The van der Waals surface area contributed by atoms with E-state index in [4.69, 9.17) is 4.74 Å². The van der Waals surface area contributed by atoms with E-state index in [2.05, 4.69) is 9.97 Å². The summed E-state index contributed by atoms with van der Waals surface area (Å²) in [7, 11) is 3.97. The number of unbranched alkanes of at least 4 members (excludes halogenated alkanes) is 1. The summed E-state index contributed by atoms with van der Waals surface area (Å²) in [5.74, 6) is 1.15. The van der Waals surface area contributed by atoms with E-state index in [-0.39, 0.29) is 12.6 Å². The van der Waals surface area contributed by atoms with Crippen molar-refractivity contribution in [3.63, 3.8) is 0 Å². The molecule has 26 heavy (non-hydrogen) atoms. The highest BCUT2D eigenvalue weighted by atomic mass is 33.1. The number of ether oxygens (including phenoxy) is 1. The molecule has 1 aliphatic heterocycles. The summed E-state index contributed by atoms with van der Waals surface area (Å²) in [5, 5.41) is 0.779. The van der Waals surface area contributed by atoms with Crippen LogP contribution in [0.15, 0.2) is 36.7 Å². The molecule has 0 amide bonds. The van der Waals surface area contributed by atoms with Crippen molar-refractivity contribution in [2.45, 2.75) is 50.9 Å². The average Bonchev–Trinajstić information content (AvgIpc) is 3.17. The maximum absolute atomic E-state index is 12.0. The van der Waals surface area contributed by atoms with Gasteiger partial charge in [-0.05, 0) is 61.6 Å². The molecule has 1 fully saturated rings. The van der Waals surface area contributed by atoms with Gasteiger partial charge in [0.1, 0.15) is 6.61 Å². The molecule has 1 unspecified atom stereocenters. The highest BCUT2D eigenvalue weighted by Crippen LogP contribution is 2.39. The van der Waals surface area contributed by atoms with Gasteiger partial charge in [-0.2, -0.15) is 0 Å². The number of aryl methyl sites for hydroxylation is 1. The third kappa shape index (κ3) is 6.02.